The van der Waals surface area contributed by atoms with Gasteiger partial charge in [0.2, 0.25) is 5.95 Å². The standard InChI is InChI=1S/C21H29N7/c1-3-4-6-17-12-20(28-8-5-7-18(14-28)24-2)27-21(25-17)26-19-10-15(13-22)9-16(23)11-19/h9-12,18,24H,3-8,14,23H2,1-2H3,(H,25,26,27)/t18-/m1/s1. The lowest BCUT2D eigenvalue weighted by Crippen LogP contribution is -2.44. The minimum Gasteiger partial charge on any atom is -0.399 e. The molecule has 0 spiro atoms. The molecule has 4 N–H and O–H groups in total. The topological polar surface area (TPSA) is 103 Å². The van der Waals surface area contributed by atoms with Crippen molar-refractivity contribution in [3.05, 3.63) is 35.5 Å². The van der Waals surface area contributed by atoms with Crippen molar-refractivity contribution in [3.8, 4) is 6.07 Å². The lowest BCUT2D eigenvalue weighted by Gasteiger charge is -2.33. The molecule has 0 radical (unpaired) electrons. The van der Waals surface area contributed by atoms with E-state index in [0.29, 0.717) is 23.2 Å². The lowest BCUT2D eigenvalue weighted by atomic mass is 10.1. The number of benzene rings is 1. The van der Waals surface area contributed by atoms with Crippen molar-refractivity contribution in [2.24, 2.45) is 0 Å². The van der Waals surface area contributed by atoms with Crippen LogP contribution in [-0.2, 0) is 6.42 Å². The highest BCUT2D eigenvalue weighted by molar-refractivity contribution is 5.64. The van der Waals surface area contributed by atoms with E-state index < -0.39 is 0 Å². The van der Waals surface area contributed by atoms with Crippen LogP contribution < -0.4 is 21.3 Å². The molecule has 0 aliphatic carbocycles. The molecule has 1 atom stereocenters. The Morgan fingerprint density at radius 2 is 2.14 bits per heavy atom. The number of anilines is 4. The number of nitrogens with one attached hydrogen (secondary N) is 2. The van der Waals surface area contributed by atoms with Crippen LogP contribution in [0.25, 0.3) is 0 Å². The Kier molecular flexibility index (Phi) is 6.66. The first kappa shape index (κ1) is 19.9. The SMILES string of the molecule is CCCCc1cc(N2CCC[C@@H](NC)C2)nc(Nc2cc(N)cc(C#N)c2)n1. The number of nitrogen functional groups attached to an aromatic ring is 1. The molecule has 2 heterocycles. The molecule has 0 bridgehead atoms. The van der Waals surface area contributed by atoms with Gasteiger partial charge in [-0.25, -0.2) is 4.98 Å². The molecule has 0 saturated carbocycles. The van der Waals surface area contributed by atoms with Crippen LogP contribution in [0.3, 0.4) is 0 Å². The second kappa shape index (κ2) is 9.38. The zero-order valence-electron chi connectivity index (χ0n) is 16.7. The molecular formula is C21H29N7. The van der Waals surface area contributed by atoms with Crippen LogP contribution in [0.4, 0.5) is 23.1 Å². The van der Waals surface area contributed by atoms with Crippen LogP contribution in [0, 0.1) is 11.3 Å². The van der Waals surface area contributed by atoms with E-state index in [1.165, 1.54) is 6.42 Å². The van der Waals surface area contributed by atoms with Gasteiger partial charge in [-0.1, -0.05) is 13.3 Å². The lowest BCUT2D eigenvalue weighted by molar-refractivity contribution is 0.447. The van der Waals surface area contributed by atoms with Crippen LogP contribution in [0.2, 0.25) is 0 Å². The van der Waals surface area contributed by atoms with E-state index in [1.54, 1.807) is 18.2 Å². The molecule has 1 aliphatic heterocycles. The Morgan fingerprint density at radius 3 is 2.89 bits per heavy atom. The molecule has 0 amide bonds. The van der Waals surface area contributed by atoms with Crippen molar-refractivity contribution in [2.45, 2.75) is 45.1 Å². The summed E-state index contributed by atoms with van der Waals surface area (Å²) in [6, 6.07) is 9.93. The molecule has 28 heavy (non-hydrogen) atoms. The van der Waals surface area contributed by atoms with E-state index in [2.05, 4.69) is 34.6 Å². The van der Waals surface area contributed by atoms with E-state index >= 15 is 0 Å². The minimum atomic E-state index is 0.478. The summed E-state index contributed by atoms with van der Waals surface area (Å²) in [4.78, 5) is 11.8. The molecule has 2 aromatic rings. The monoisotopic (exact) mass is 379 g/mol. The largest absolute Gasteiger partial charge is 0.399 e. The van der Waals surface area contributed by atoms with Crippen molar-refractivity contribution in [1.82, 2.24) is 15.3 Å². The number of piperidine rings is 1. The van der Waals surface area contributed by atoms with Crippen LogP contribution in [0.1, 0.15) is 43.9 Å². The average molecular weight is 380 g/mol. The molecule has 1 fully saturated rings. The number of aromatic nitrogens is 2. The summed E-state index contributed by atoms with van der Waals surface area (Å²) < 4.78 is 0. The van der Waals surface area contributed by atoms with Crippen molar-refractivity contribution in [3.63, 3.8) is 0 Å². The van der Waals surface area contributed by atoms with Gasteiger partial charge in [-0.3, -0.25) is 0 Å². The molecule has 1 aromatic carbocycles. The number of nitriles is 1. The zero-order valence-corrected chi connectivity index (χ0v) is 16.7. The van der Waals surface area contributed by atoms with Gasteiger partial charge in [0.25, 0.3) is 0 Å². The Balaban J connectivity index is 1.89. The third-order valence-corrected chi connectivity index (χ3v) is 5.05. The Hall–Kier alpha value is -2.85. The number of unbranched alkanes of at least 4 members (excludes halogenated alkanes) is 1. The van der Waals surface area contributed by atoms with Crippen molar-refractivity contribution in [2.75, 3.05) is 36.1 Å². The maximum absolute atomic E-state index is 9.18. The highest BCUT2D eigenvalue weighted by Gasteiger charge is 2.20. The smallest absolute Gasteiger partial charge is 0.229 e. The zero-order chi connectivity index (χ0) is 19.9. The third-order valence-electron chi connectivity index (χ3n) is 5.05. The van der Waals surface area contributed by atoms with Crippen LogP contribution >= 0.6 is 0 Å². The van der Waals surface area contributed by atoms with E-state index in [1.807, 2.05) is 7.05 Å². The molecule has 1 aromatic heterocycles. The van der Waals surface area contributed by atoms with E-state index in [0.717, 1.165) is 56.0 Å². The van der Waals surface area contributed by atoms with Crippen LogP contribution in [0.5, 0.6) is 0 Å². The Bertz CT molecular complexity index is 843. The Labute approximate surface area is 167 Å². The summed E-state index contributed by atoms with van der Waals surface area (Å²) in [6.07, 6.45) is 5.46. The minimum absolute atomic E-state index is 0.478. The summed E-state index contributed by atoms with van der Waals surface area (Å²) in [6.45, 7) is 4.12. The Morgan fingerprint density at radius 1 is 1.29 bits per heavy atom. The third kappa shape index (κ3) is 5.11. The fourth-order valence-corrected chi connectivity index (χ4v) is 3.53. The quantitative estimate of drug-likeness (QED) is 0.635. The van der Waals surface area contributed by atoms with Crippen molar-refractivity contribution in [1.29, 1.82) is 5.26 Å². The second-order valence-corrected chi connectivity index (χ2v) is 7.30. The van der Waals surface area contributed by atoms with Gasteiger partial charge in [0, 0.05) is 42.3 Å². The van der Waals surface area contributed by atoms with E-state index in [-0.39, 0.29) is 0 Å². The van der Waals surface area contributed by atoms with Crippen molar-refractivity contribution >= 4 is 23.1 Å². The first-order valence-electron chi connectivity index (χ1n) is 9.99. The summed E-state index contributed by atoms with van der Waals surface area (Å²) in [5.41, 5.74) is 8.72. The van der Waals surface area contributed by atoms with Crippen LogP contribution in [-0.4, -0.2) is 36.1 Å². The fraction of sp³-hybridized carbons (Fsp3) is 0.476. The molecule has 1 saturated heterocycles. The first-order chi connectivity index (χ1) is 13.6. The molecule has 7 nitrogen and oxygen atoms in total. The van der Waals surface area contributed by atoms with Crippen molar-refractivity contribution < 1.29 is 0 Å². The normalized spacial score (nSPS) is 16.6. The number of aryl methyl sites for hydroxylation is 1. The number of likely N-dealkylation sites (N-methyl/N-ethyl adjacent to an activating group) is 1. The average Bonchev–Trinajstić information content (AvgIpc) is 2.71. The second-order valence-electron chi connectivity index (χ2n) is 7.30. The maximum Gasteiger partial charge on any atom is 0.229 e. The number of nitrogens with zero attached hydrogens (tertiary/aromatic N) is 4. The number of hydrogen-bond donors (Lipinski definition) is 3. The van der Waals surface area contributed by atoms with Gasteiger partial charge < -0.3 is 21.3 Å². The van der Waals surface area contributed by atoms with Gasteiger partial charge in [-0.2, -0.15) is 10.2 Å². The summed E-state index contributed by atoms with van der Waals surface area (Å²) in [5.74, 6) is 1.50. The predicted molar refractivity (Wildman–Crippen MR) is 114 cm³/mol. The van der Waals surface area contributed by atoms with Crippen LogP contribution in [0.15, 0.2) is 24.3 Å². The van der Waals surface area contributed by atoms with E-state index in [4.69, 9.17) is 15.7 Å². The van der Waals surface area contributed by atoms with Gasteiger partial charge in [0.05, 0.1) is 11.6 Å². The maximum atomic E-state index is 9.18. The number of nitrogens with two attached hydrogens (primary N) is 1. The van der Waals surface area contributed by atoms with Gasteiger partial charge in [-0.15, -0.1) is 0 Å². The number of rotatable bonds is 7. The van der Waals surface area contributed by atoms with Gasteiger partial charge in [0.15, 0.2) is 0 Å². The van der Waals surface area contributed by atoms with Gasteiger partial charge in [0.1, 0.15) is 5.82 Å². The molecule has 7 heteroatoms. The molecule has 0 unspecified atom stereocenters. The summed E-state index contributed by atoms with van der Waals surface area (Å²) in [7, 11) is 2.01. The first-order valence-corrected chi connectivity index (χ1v) is 9.99. The predicted octanol–water partition coefficient (Wildman–Crippen LogP) is 3.20. The van der Waals surface area contributed by atoms with Gasteiger partial charge >= 0.3 is 0 Å². The van der Waals surface area contributed by atoms with E-state index in [9.17, 15) is 5.26 Å². The summed E-state index contributed by atoms with van der Waals surface area (Å²) >= 11 is 0. The summed E-state index contributed by atoms with van der Waals surface area (Å²) in [5, 5.41) is 15.8. The molecular weight excluding hydrogens is 350 g/mol. The highest BCUT2D eigenvalue weighted by atomic mass is 15.2. The molecule has 1 aliphatic rings. The number of hydrogen-bond acceptors (Lipinski definition) is 7. The fourth-order valence-electron chi connectivity index (χ4n) is 3.53. The van der Waals surface area contributed by atoms with Gasteiger partial charge in [-0.05, 0) is 50.9 Å². The highest BCUT2D eigenvalue weighted by Crippen LogP contribution is 2.24. The molecule has 3 rings (SSSR count). The molecule has 148 valence electrons.